The van der Waals surface area contributed by atoms with Gasteiger partial charge in [0, 0.05) is 13.1 Å². The lowest BCUT2D eigenvalue weighted by Crippen LogP contribution is -2.39. The van der Waals surface area contributed by atoms with E-state index >= 15 is 0 Å². The van der Waals surface area contributed by atoms with E-state index in [0.717, 1.165) is 0 Å². The van der Waals surface area contributed by atoms with Gasteiger partial charge in [0.05, 0.1) is 0 Å². The van der Waals surface area contributed by atoms with Crippen LogP contribution in [-0.4, -0.2) is 66.2 Å². The Kier molecular flexibility index (Phi) is 4.53. The zero-order chi connectivity index (χ0) is 14.9. The minimum atomic E-state index is -0.869. The molecule has 2 rings (SSSR count). The van der Waals surface area contributed by atoms with Gasteiger partial charge in [-0.2, -0.15) is 0 Å². The van der Waals surface area contributed by atoms with Crippen molar-refractivity contribution in [3.63, 3.8) is 0 Å². The molecule has 116 valence electrons. The van der Waals surface area contributed by atoms with Crippen molar-refractivity contribution < 1.29 is 28.8 Å². The first-order valence-corrected chi connectivity index (χ1v) is 6.98. The van der Waals surface area contributed by atoms with E-state index in [1.807, 2.05) is 13.8 Å². The lowest BCUT2D eigenvalue weighted by atomic mass is 10.1. The van der Waals surface area contributed by atoms with Crippen LogP contribution < -0.4 is 0 Å². The smallest absolute Gasteiger partial charge is 0.409 e. The number of amides is 1. The summed E-state index contributed by atoms with van der Waals surface area (Å²) in [6, 6.07) is 0. The fourth-order valence-corrected chi connectivity index (χ4v) is 2.42. The maximum atomic E-state index is 11.7. The summed E-state index contributed by atoms with van der Waals surface area (Å²) in [4.78, 5) is 13.3. The molecule has 2 heterocycles. The van der Waals surface area contributed by atoms with Gasteiger partial charge in [0.15, 0.2) is 12.1 Å². The second kappa shape index (κ2) is 5.85. The van der Waals surface area contributed by atoms with Crippen molar-refractivity contribution in [1.29, 1.82) is 0 Å². The first-order chi connectivity index (χ1) is 9.38. The number of hydrogen-bond donors (Lipinski definition) is 1. The highest BCUT2D eigenvalue weighted by atomic mass is 16.8. The van der Waals surface area contributed by atoms with Crippen molar-refractivity contribution in [3.05, 3.63) is 0 Å². The highest BCUT2D eigenvalue weighted by Crippen LogP contribution is 2.37. The van der Waals surface area contributed by atoms with Crippen LogP contribution in [0.1, 0.15) is 27.7 Å². The van der Waals surface area contributed by atoms with Crippen molar-refractivity contribution in [3.8, 4) is 0 Å². The number of rotatable bonds is 4. The van der Waals surface area contributed by atoms with Gasteiger partial charge in [-0.15, -0.1) is 0 Å². The normalized spacial score (nSPS) is 34.9. The van der Waals surface area contributed by atoms with Crippen LogP contribution in [0, 0.1) is 0 Å². The number of ether oxygens (including phenoxy) is 4. The highest BCUT2D eigenvalue weighted by Gasteiger charge is 2.54. The molecule has 2 aliphatic rings. The highest BCUT2D eigenvalue weighted by molar-refractivity contribution is 5.67. The van der Waals surface area contributed by atoms with Crippen LogP contribution in [0.3, 0.4) is 0 Å². The van der Waals surface area contributed by atoms with Crippen molar-refractivity contribution >= 4 is 6.09 Å². The van der Waals surface area contributed by atoms with E-state index in [1.54, 1.807) is 18.7 Å². The Morgan fingerprint density at radius 1 is 1.30 bits per heavy atom. The molecule has 0 saturated carbocycles. The number of hydrogen-bond acceptors (Lipinski definition) is 6. The van der Waals surface area contributed by atoms with E-state index in [9.17, 15) is 9.90 Å². The number of fused-ring (bicyclic) bond motifs is 1. The SMILES string of the molecule is CCN(CC)C(=O)OCC1O[C@@H]2OC(C)(C)OC2C1O. The molecule has 3 unspecified atom stereocenters. The molecule has 0 aromatic heterocycles. The summed E-state index contributed by atoms with van der Waals surface area (Å²) >= 11 is 0. The van der Waals surface area contributed by atoms with Crippen molar-refractivity contribution in [2.75, 3.05) is 19.7 Å². The molecule has 1 N–H and O–H groups in total. The molecule has 7 heteroatoms. The van der Waals surface area contributed by atoms with E-state index in [0.29, 0.717) is 13.1 Å². The van der Waals surface area contributed by atoms with Crippen LogP contribution in [0.5, 0.6) is 0 Å². The molecule has 20 heavy (non-hydrogen) atoms. The summed E-state index contributed by atoms with van der Waals surface area (Å²) in [6.45, 7) is 8.41. The molecule has 0 aliphatic carbocycles. The van der Waals surface area contributed by atoms with Gasteiger partial charge in [0.25, 0.3) is 0 Å². The van der Waals surface area contributed by atoms with Crippen molar-refractivity contribution in [1.82, 2.24) is 4.90 Å². The van der Waals surface area contributed by atoms with Gasteiger partial charge >= 0.3 is 6.09 Å². The average Bonchev–Trinajstić information content (AvgIpc) is 2.83. The first-order valence-electron chi connectivity index (χ1n) is 6.98. The predicted octanol–water partition coefficient (Wildman–Crippen LogP) is 0.702. The standard InChI is InChI=1S/C13H23NO6/c1-5-14(6-2)12(16)17-7-8-9(15)10-11(18-8)20-13(3,4)19-10/h8-11,15H,5-7H2,1-4H3/t8?,9?,10?,11-/m1/s1. The summed E-state index contributed by atoms with van der Waals surface area (Å²) < 4.78 is 21.8. The summed E-state index contributed by atoms with van der Waals surface area (Å²) in [5.74, 6) is -0.765. The molecular weight excluding hydrogens is 266 g/mol. The molecule has 0 radical (unpaired) electrons. The third-order valence-electron chi connectivity index (χ3n) is 3.51. The van der Waals surface area contributed by atoms with Gasteiger partial charge < -0.3 is 29.0 Å². The van der Waals surface area contributed by atoms with Crippen LogP contribution in [-0.2, 0) is 18.9 Å². The van der Waals surface area contributed by atoms with E-state index in [4.69, 9.17) is 18.9 Å². The molecule has 2 aliphatic heterocycles. The third-order valence-corrected chi connectivity index (χ3v) is 3.51. The Morgan fingerprint density at radius 3 is 2.50 bits per heavy atom. The molecule has 2 fully saturated rings. The monoisotopic (exact) mass is 289 g/mol. The van der Waals surface area contributed by atoms with E-state index in [-0.39, 0.29) is 6.61 Å². The van der Waals surface area contributed by atoms with Gasteiger partial charge in [0.1, 0.15) is 24.9 Å². The quantitative estimate of drug-likeness (QED) is 0.821. The zero-order valence-electron chi connectivity index (χ0n) is 12.4. The van der Waals surface area contributed by atoms with Crippen LogP contribution in [0.4, 0.5) is 4.79 Å². The summed E-state index contributed by atoms with van der Waals surface area (Å²) in [6.07, 6.45) is -3.06. The van der Waals surface area contributed by atoms with Crippen molar-refractivity contribution in [2.24, 2.45) is 0 Å². The molecule has 0 aromatic rings. The zero-order valence-corrected chi connectivity index (χ0v) is 12.4. The Hall–Kier alpha value is -0.890. The molecule has 7 nitrogen and oxygen atoms in total. The maximum Gasteiger partial charge on any atom is 0.409 e. The summed E-state index contributed by atoms with van der Waals surface area (Å²) in [5, 5.41) is 10.1. The van der Waals surface area contributed by atoms with E-state index < -0.39 is 36.5 Å². The van der Waals surface area contributed by atoms with Gasteiger partial charge in [0.2, 0.25) is 0 Å². The minimum absolute atomic E-state index is 0.0172. The van der Waals surface area contributed by atoms with Gasteiger partial charge in [-0.1, -0.05) is 0 Å². The number of carbonyl (C=O) groups excluding carboxylic acids is 1. The molecule has 4 atom stereocenters. The summed E-state index contributed by atoms with van der Waals surface area (Å²) in [5.41, 5.74) is 0. The Bertz CT molecular complexity index is 357. The Morgan fingerprint density at radius 2 is 1.95 bits per heavy atom. The predicted molar refractivity (Wildman–Crippen MR) is 69.0 cm³/mol. The largest absolute Gasteiger partial charge is 0.447 e. The summed E-state index contributed by atoms with van der Waals surface area (Å²) in [7, 11) is 0. The molecule has 0 bridgehead atoms. The molecule has 1 amide bonds. The first kappa shape index (κ1) is 15.5. The van der Waals surface area contributed by atoms with Crippen LogP contribution >= 0.6 is 0 Å². The number of aliphatic hydroxyl groups excluding tert-OH is 1. The van der Waals surface area contributed by atoms with Crippen LogP contribution in [0.2, 0.25) is 0 Å². The Balaban J connectivity index is 1.83. The van der Waals surface area contributed by atoms with E-state index in [1.165, 1.54) is 0 Å². The third kappa shape index (κ3) is 3.06. The molecule has 0 spiro atoms. The second-order valence-corrected chi connectivity index (χ2v) is 5.38. The lowest BCUT2D eigenvalue weighted by Gasteiger charge is -2.24. The average molecular weight is 289 g/mol. The molecule has 0 aromatic carbocycles. The van der Waals surface area contributed by atoms with Crippen LogP contribution in [0.25, 0.3) is 0 Å². The minimum Gasteiger partial charge on any atom is -0.447 e. The fourth-order valence-electron chi connectivity index (χ4n) is 2.42. The van der Waals surface area contributed by atoms with E-state index in [2.05, 4.69) is 0 Å². The fraction of sp³-hybridized carbons (Fsp3) is 0.923. The molecular formula is C13H23NO6. The van der Waals surface area contributed by atoms with Gasteiger partial charge in [-0.05, 0) is 27.7 Å². The Labute approximate surface area is 118 Å². The number of carbonyl (C=O) groups is 1. The van der Waals surface area contributed by atoms with Gasteiger partial charge in [-0.3, -0.25) is 0 Å². The van der Waals surface area contributed by atoms with Gasteiger partial charge in [-0.25, -0.2) is 4.79 Å². The number of aliphatic hydroxyl groups is 1. The second-order valence-electron chi connectivity index (χ2n) is 5.38. The maximum absolute atomic E-state index is 11.7. The topological polar surface area (TPSA) is 77.5 Å². The lowest BCUT2D eigenvalue weighted by molar-refractivity contribution is -0.218. The molecule has 2 saturated heterocycles. The van der Waals surface area contributed by atoms with Crippen LogP contribution in [0.15, 0.2) is 0 Å². The number of nitrogens with zero attached hydrogens (tertiary/aromatic N) is 1. The van der Waals surface area contributed by atoms with Crippen molar-refractivity contribution in [2.45, 2.75) is 58.1 Å².